The van der Waals surface area contributed by atoms with Crippen LogP contribution in [-0.2, 0) is 14.8 Å². The lowest BCUT2D eigenvalue weighted by atomic mass is 10.1. The molecule has 1 N–H and O–H groups in total. The Kier molecular flexibility index (Phi) is 6.37. The maximum atomic E-state index is 12.7. The van der Waals surface area contributed by atoms with Gasteiger partial charge in [-0.05, 0) is 37.5 Å². The zero-order valence-corrected chi connectivity index (χ0v) is 15.4. The predicted octanol–water partition coefficient (Wildman–Crippen LogP) is 1.93. The summed E-state index contributed by atoms with van der Waals surface area (Å²) in [6.07, 6.45) is 1.68. The molecule has 1 aromatic carbocycles. The van der Waals surface area contributed by atoms with E-state index in [1.807, 2.05) is 20.8 Å². The van der Waals surface area contributed by atoms with Crippen LogP contribution in [0.5, 0.6) is 0 Å². The Hall–Kier alpha value is -1.44. The molecule has 7 heteroatoms. The van der Waals surface area contributed by atoms with Crippen molar-refractivity contribution in [1.82, 2.24) is 9.62 Å². The molecule has 0 unspecified atom stereocenters. The first kappa shape index (κ1) is 18.9. The normalized spacial score (nSPS) is 16.3. The van der Waals surface area contributed by atoms with E-state index in [0.29, 0.717) is 31.9 Å². The summed E-state index contributed by atoms with van der Waals surface area (Å²) in [6.45, 7) is 7.31. The van der Waals surface area contributed by atoms with Gasteiger partial charge in [0.25, 0.3) is 5.91 Å². The quantitative estimate of drug-likeness (QED) is 0.847. The number of nitrogens with zero attached hydrogens (tertiary/aromatic N) is 1. The topological polar surface area (TPSA) is 75.7 Å². The Balaban J connectivity index is 2.29. The first-order valence-electron chi connectivity index (χ1n) is 8.39. The Morgan fingerprint density at radius 2 is 1.88 bits per heavy atom. The van der Waals surface area contributed by atoms with Crippen molar-refractivity contribution in [1.29, 1.82) is 0 Å². The Bertz CT molecular complexity index is 678. The van der Waals surface area contributed by atoms with E-state index in [-0.39, 0.29) is 16.8 Å². The summed E-state index contributed by atoms with van der Waals surface area (Å²) in [4.78, 5) is 12.7. The van der Waals surface area contributed by atoms with Gasteiger partial charge in [-0.2, -0.15) is 4.31 Å². The monoisotopic (exact) mass is 354 g/mol. The van der Waals surface area contributed by atoms with Gasteiger partial charge in [-0.1, -0.05) is 19.9 Å². The average Bonchev–Trinajstić information content (AvgIpc) is 2.60. The van der Waals surface area contributed by atoms with Crippen LogP contribution in [0.1, 0.15) is 42.6 Å². The lowest BCUT2D eigenvalue weighted by molar-refractivity contribution is 0.0730. The number of aryl methyl sites for hydroxylation is 1. The average molecular weight is 354 g/mol. The second kappa shape index (κ2) is 8.09. The number of benzene rings is 1. The largest absolute Gasteiger partial charge is 0.379 e. The summed E-state index contributed by atoms with van der Waals surface area (Å²) in [5.74, 6) is -0.222. The van der Waals surface area contributed by atoms with Gasteiger partial charge in [-0.15, -0.1) is 0 Å². The minimum Gasteiger partial charge on any atom is -0.379 e. The van der Waals surface area contributed by atoms with Crippen LogP contribution >= 0.6 is 0 Å². The second-order valence-corrected chi connectivity index (χ2v) is 7.92. The zero-order chi connectivity index (χ0) is 17.7. The first-order valence-corrected chi connectivity index (χ1v) is 9.83. The molecule has 2 rings (SSSR count). The number of ether oxygens (including phenoxy) is 1. The van der Waals surface area contributed by atoms with Gasteiger partial charge in [-0.25, -0.2) is 8.42 Å². The van der Waals surface area contributed by atoms with Crippen LogP contribution < -0.4 is 5.32 Å². The van der Waals surface area contributed by atoms with Crippen molar-refractivity contribution in [2.45, 2.75) is 44.6 Å². The molecule has 1 aliphatic heterocycles. The number of nitrogens with one attached hydrogen (secondary N) is 1. The highest BCUT2D eigenvalue weighted by Crippen LogP contribution is 2.21. The molecule has 1 aromatic rings. The van der Waals surface area contributed by atoms with Crippen LogP contribution in [0.2, 0.25) is 0 Å². The molecule has 1 heterocycles. The second-order valence-electron chi connectivity index (χ2n) is 5.98. The molecule has 24 heavy (non-hydrogen) atoms. The van der Waals surface area contributed by atoms with Crippen molar-refractivity contribution in [2.24, 2.45) is 0 Å². The number of morpholine rings is 1. The van der Waals surface area contributed by atoms with Gasteiger partial charge in [0, 0.05) is 24.7 Å². The number of hydrogen-bond donors (Lipinski definition) is 1. The van der Waals surface area contributed by atoms with E-state index in [1.165, 1.54) is 10.4 Å². The van der Waals surface area contributed by atoms with Gasteiger partial charge in [-0.3, -0.25) is 4.79 Å². The highest BCUT2D eigenvalue weighted by molar-refractivity contribution is 7.89. The summed E-state index contributed by atoms with van der Waals surface area (Å²) >= 11 is 0. The highest BCUT2D eigenvalue weighted by Gasteiger charge is 2.27. The summed E-state index contributed by atoms with van der Waals surface area (Å²) < 4.78 is 32.1. The van der Waals surface area contributed by atoms with Crippen molar-refractivity contribution >= 4 is 15.9 Å². The number of sulfonamides is 1. The molecule has 0 atom stereocenters. The number of rotatable bonds is 6. The van der Waals surface area contributed by atoms with Crippen LogP contribution in [0.15, 0.2) is 23.1 Å². The van der Waals surface area contributed by atoms with Crippen LogP contribution in [0.3, 0.4) is 0 Å². The smallest absolute Gasteiger partial charge is 0.251 e. The molecule has 1 saturated heterocycles. The number of amides is 1. The van der Waals surface area contributed by atoms with Crippen molar-refractivity contribution in [2.75, 3.05) is 26.3 Å². The van der Waals surface area contributed by atoms with Crippen LogP contribution in [-0.4, -0.2) is 51.0 Å². The summed E-state index contributed by atoms with van der Waals surface area (Å²) in [5.41, 5.74) is 1.18. The molecule has 0 spiro atoms. The molecule has 0 saturated carbocycles. The third kappa shape index (κ3) is 4.15. The van der Waals surface area contributed by atoms with Gasteiger partial charge in [0.1, 0.15) is 0 Å². The molecule has 1 amide bonds. The molecular weight excluding hydrogens is 328 g/mol. The summed E-state index contributed by atoms with van der Waals surface area (Å²) in [7, 11) is -3.60. The van der Waals surface area contributed by atoms with Gasteiger partial charge in [0.05, 0.1) is 18.1 Å². The molecule has 0 aliphatic carbocycles. The van der Waals surface area contributed by atoms with Crippen LogP contribution in [0.25, 0.3) is 0 Å². The fourth-order valence-electron chi connectivity index (χ4n) is 2.70. The molecular formula is C17H26N2O4S. The third-order valence-electron chi connectivity index (χ3n) is 4.38. The first-order chi connectivity index (χ1) is 11.4. The zero-order valence-electron chi connectivity index (χ0n) is 14.5. The van der Waals surface area contributed by atoms with Gasteiger partial charge in [0.15, 0.2) is 0 Å². The minimum absolute atomic E-state index is 0.0939. The number of carbonyl (C=O) groups is 1. The van der Waals surface area contributed by atoms with Gasteiger partial charge < -0.3 is 10.1 Å². The molecule has 1 aliphatic rings. The maximum Gasteiger partial charge on any atom is 0.251 e. The standard InChI is InChI=1S/C17H26N2O4S/c1-4-14(5-2)18-17(20)16-12-15(7-6-13(16)3)24(21,22)19-8-10-23-11-9-19/h6-7,12,14H,4-5,8-11H2,1-3H3,(H,18,20). The molecule has 6 nitrogen and oxygen atoms in total. The lowest BCUT2D eigenvalue weighted by Gasteiger charge is -2.26. The minimum atomic E-state index is -3.60. The van der Waals surface area contributed by atoms with Crippen LogP contribution in [0.4, 0.5) is 0 Å². The Labute approximate surface area is 144 Å². The summed E-state index contributed by atoms with van der Waals surface area (Å²) in [5, 5.41) is 2.96. The number of hydrogen-bond acceptors (Lipinski definition) is 4. The molecule has 0 bridgehead atoms. The Morgan fingerprint density at radius 3 is 2.46 bits per heavy atom. The molecule has 1 fully saturated rings. The van der Waals surface area contributed by atoms with Crippen molar-refractivity contribution < 1.29 is 17.9 Å². The van der Waals surface area contributed by atoms with E-state index in [9.17, 15) is 13.2 Å². The van der Waals surface area contributed by atoms with Crippen molar-refractivity contribution in [3.05, 3.63) is 29.3 Å². The lowest BCUT2D eigenvalue weighted by Crippen LogP contribution is -2.40. The van der Waals surface area contributed by atoms with Crippen LogP contribution in [0, 0.1) is 6.92 Å². The van der Waals surface area contributed by atoms with E-state index < -0.39 is 10.0 Å². The third-order valence-corrected chi connectivity index (χ3v) is 6.28. The fourth-order valence-corrected chi connectivity index (χ4v) is 4.13. The van der Waals surface area contributed by atoms with E-state index in [0.717, 1.165) is 18.4 Å². The highest BCUT2D eigenvalue weighted by atomic mass is 32.2. The molecule has 0 radical (unpaired) electrons. The van der Waals surface area contributed by atoms with E-state index in [2.05, 4.69) is 5.32 Å². The van der Waals surface area contributed by atoms with Gasteiger partial charge >= 0.3 is 0 Å². The van der Waals surface area contributed by atoms with Crippen molar-refractivity contribution in [3.63, 3.8) is 0 Å². The van der Waals surface area contributed by atoms with Gasteiger partial charge in [0.2, 0.25) is 10.0 Å². The molecule has 0 aromatic heterocycles. The van der Waals surface area contributed by atoms with Crippen molar-refractivity contribution in [3.8, 4) is 0 Å². The molecule has 134 valence electrons. The Morgan fingerprint density at radius 1 is 1.25 bits per heavy atom. The summed E-state index contributed by atoms with van der Waals surface area (Å²) in [6, 6.07) is 4.83. The number of carbonyl (C=O) groups excluding carboxylic acids is 1. The maximum absolute atomic E-state index is 12.7. The van der Waals surface area contributed by atoms with E-state index in [1.54, 1.807) is 12.1 Å². The predicted molar refractivity (Wildman–Crippen MR) is 92.6 cm³/mol. The van der Waals surface area contributed by atoms with E-state index in [4.69, 9.17) is 4.74 Å². The fraction of sp³-hybridized carbons (Fsp3) is 0.588. The van der Waals surface area contributed by atoms with E-state index >= 15 is 0 Å². The SMILES string of the molecule is CCC(CC)NC(=O)c1cc(S(=O)(=O)N2CCOCC2)ccc1C.